The van der Waals surface area contributed by atoms with E-state index in [1.165, 1.54) is 7.11 Å². The molecule has 0 aromatic heterocycles. The summed E-state index contributed by atoms with van der Waals surface area (Å²) in [6.45, 7) is 18.4. The molecule has 0 unspecified atom stereocenters. The maximum Gasteiger partial charge on any atom is 0.311 e. The molecule has 15 heteroatoms. The van der Waals surface area contributed by atoms with Gasteiger partial charge in [-0.1, -0.05) is 0 Å². The monoisotopic (exact) mass is 692 g/mol. The molecular weight excluding hydrogens is 636 g/mol. The number of carbonyl (C=O) groups excluding carboxylic acids is 4. The number of carbonyl (C=O) groups is 4. The topological polar surface area (TPSA) is 203 Å². The standard InChI is InChI=1S/C33H56O15/c1-30(2,3)26(37)43-15-17-21(46-27(38)31(4,5)6)22(47-28(39)32(7,8)9)23(48-29(40)33(10,11)12)25(45-17)42-14-16-18(34)19(35)20(36)24(41-13)44-16/h16-25,34-36H,14-15H2,1-13H3/t16-,17-,18+,19+,20-,21-,22+,23-,24+,25-/m1/s1. The van der Waals surface area contributed by atoms with E-state index in [4.69, 9.17) is 37.9 Å². The average molecular weight is 693 g/mol. The first kappa shape index (κ1) is 41.8. The van der Waals surface area contributed by atoms with Crippen LogP contribution >= 0.6 is 0 Å². The third kappa shape index (κ3) is 10.8. The quantitative estimate of drug-likeness (QED) is 0.232. The summed E-state index contributed by atoms with van der Waals surface area (Å²) in [5, 5.41) is 31.2. The number of hydrogen-bond donors (Lipinski definition) is 3. The predicted octanol–water partition coefficient (Wildman–Crippen LogP) is 1.64. The lowest BCUT2D eigenvalue weighted by molar-refractivity contribution is -0.332. The first-order valence-electron chi connectivity index (χ1n) is 16.0. The van der Waals surface area contributed by atoms with Crippen molar-refractivity contribution in [1.29, 1.82) is 0 Å². The molecule has 15 nitrogen and oxygen atoms in total. The molecule has 0 radical (unpaired) electrons. The van der Waals surface area contributed by atoms with Gasteiger partial charge in [0.05, 0.1) is 28.3 Å². The molecular formula is C33H56O15. The van der Waals surface area contributed by atoms with E-state index >= 15 is 0 Å². The van der Waals surface area contributed by atoms with Crippen LogP contribution in [0.1, 0.15) is 83.1 Å². The highest BCUT2D eigenvalue weighted by Crippen LogP contribution is 2.35. The van der Waals surface area contributed by atoms with E-state index in [1.807, 2.05) is 0 Å². The van der Waals surface area contributed by atoms with Crippen LogP contribution in [0.3, 0.4) is 0 Å². The number of methoxy groups -OCH3 is 1. The molecule has 2 rings (SSSR count). The summed E-state index contributed by atoms with van der Waals surface area (Å²) >= 11 is 0. The Morgan fingerprint density at radius 1 is 0.521 bits per heavy atom. The highest BCUT2D eigenvalue weighted by atomic mass is 16.7. The molecule has 0 aliphatic carbocycles. The van der Waals surface area contributed by atoms with Gasteiger partial charge in [0.15, 0.2) is 30.9 Å². The van der Waals surface area contributed by atoms with Crippen LogP contribution in [0, 0.1) is 21.7 Å². The van der Waals surface area contributed by atoms with Gasteiger partial charge in [-0.3, -0.25) is 19.2 Å². The molecule has 2 aliphatic heterocycles. The summed E-state index contributed by atoms with van der Waals surface area (Å²) < 4.78 is 46.2. The Labute approximate surface area is 282 Å². The number of esters is 4. The van der Waals surface area contributed by atoms with Crippen molar-refractivity contribution in [3.05, 3.63) is 0 Å². The van der Waals surface area contributed by atoms with Gasteiger partial charge in [0, 0.05) is 7.11 Å². The zero-order valence-electron chi connectivity index (χ0n) is 30.4. The maximum atomic E-state index is 13.4. The van der Waals surface area contributed by atoms with Gasteiger partial charge in [-0.05, 0) is 83.1 Å². The normalized spacial score (nSPS) is 31.8. The number of aliphatic hydroxyl groups excluding tert-OH is 3. The van der Waals surface area contributed by atoms with Crippen molar-refractivity contribution in [2.45, 2.75) is 144 Å². The van der Waals surface area contributed by atoms with Crippen molar-refractivity contribution in [3.8, 4) is 0 Å². The number of rotatable bonds is 9. The number of hydrogen-bond acceptors (Lipinski definition) is 15. The molecule has 0 saturated carbocycles. The molecule has 3 N–H and O–H groups in total. The summed E-state index contributed by atoms with van der Waals surface area (Å²) in [5.74, 6) is -2.80. The molecule has 2 heterocycles. The molecule has 2 aliphatic rings. The van der Waals surface area contributed by atoms with E-state index in [1.54, 1.807) is 83.1 Å². The molecule has 0 bridgehead atoms. The lowest BCUT2D eigenvalue weighted by Crippen LogP contribution is -2.65. The Bertz CT molecular complexity index is 1120. The maximum absolute atomic E-state index is 13.4. The van der Waals surface area contributed by atoms with E-state index < -0.39 is 120 Å². The summed E-state index contributed by atoms with van der Waals surface area (Å²) in [4.78, 5) is 52.8. The highest BCUT2D eigenvalue weighted by molar-refractivity contribution is 5.78. The zero-order chi connectivity index (χ0) is 37.2. The van der Waals surface area contributed by atoms with E-state index in [2.05, 4.69) is 0 Å². The largest absolute Gasteiger partial charge is 0.462 e. The first-order valence-corrected chi connectivity index (χ1v) is 16.0. The Balaban J connectivity index is 2.66. The molecule has 2 saturated heterocycles. The summed E-state index contributed by atoms with van der Waals surface area (Å²) in [6, 6.07) is 0. The third-order valence-corrected chi connectivity index (χ3v) is 7.47. The molecule has 278 valence electrons. The molecule has 48 heavy (non-hydrogen) atoms. The minimum absolute atomic E-state index is 0.485. The van der Waals surface area contributed by atoms with Crippen molar-refractivity contribution in [1.82, 2.24) is 0 Å². The van der Waals surface area contributed by atoms with Crippen LogP contribution in [0.2, 0.25) is 0 Å². The smallest absolute Gasteiger partial charge is 0.311 e. The SMILES string of the molecule is CO[C@H]1O[C@H](CO[C@@H]2O[C@H](COC(=O)C(C)(C)C)[C@@H](OC(=O)C(C)(C)C)[C@H](OC(=O)C(C)(C)C)[C@H]2OC(=O)C(C)(C)C)[C@H](O)[C@H](O)[C@H]1O. The highest BCUT2D eigenvalue weighted by Gasteiger charge is 2.56. The van der Waals surface area contributed by atoms with Gasteiger partial charge >= 0.3 is 23.9 Å². The van der Waals surface area contributed by atoms with Gasteiger partial charge in [0.25, 0.3) is 0 Å². The molecule has 10 atom stereocenters. The zero-order valence-corrected chi connectivity index (χ0v) is 30.4. The Hall–Kier alpha value is -2.40. The van der Waals surface area contributed by atoms with E-state index in [0.717, 1.165) is 0 Å². The lowest BCUT2D eigenvalue weighted by atomic mass is 9.93. The van der Waals surface area contributed by atoms with Gasteiger partial charge in [0.1, 0.15) is 37.1 Å². The lowest BCUT2D eigenvalue weighted by Gasteiger charge is -2.46. The molecule has 0 spiro atoms. The van der Waals surface area contributed by atoms with Crippen molar-refractivity contribution in [2.75, 3.05) is 20.3 Å². The summed E-state index contributed by atoms with van der Waals surface area (Å²) in [5.41, 5.74) is -4.07. The van der Waals surface area contributed by atoms with Gasteiger partial charge in [0.2, 0.25) is 0 Å². The molecule has 0 aromatic rings. The summed E-state index contributed by atoms with van der Waals surface area (Å²) in [7, 11) is 1.24. The Morgan fingerprint density at radius 2 is 0.938 bits per heavy atom. The van der Waals surface area contributed by atoms with Gasteiger partial charge < -0.3 is 53.2 Å². The van der Waals surface area contributed by atoms with E-state index in [-0.39, 0.29) is 0 Å². The van der Waals surface area contributed by atoms with Crippen molar-refractivity contribution < 1.29 is 72.4 Å². The van der Waals surface area contributed by atoms with Crippen molar-refractivity contribution >= 4 is 23.9 Å². The molecule has 2 fully saturated rings. The molecule has 0 aromatic carbocycles. The van der Waals surface area contributed by atoms with Crippen molar-refractivity contribution in [2.24, 2.45) is 21.7 Å². The Morgan fingerprint density at radius 3 is 1.38 bits per heavy atom. The average Bonchev–Trinajstić information content (AvgIpc) is 2.94. The first-order chi connectivity index (χ1) is 21.7. The van der Waals surface area contributed by atoms with Crippen LogP contribution in [0.5, 0.6) is 0 Å². The number of ether oxygens (including phenoxy) is 8. The van der Waals surface area contributed by atoms with E-state index in [0.29, 0.717) is 0 Å². The van der Waals surface area contributed by atoms with Gasteiger partial charge in [-0.25, -0.2) is 0 Å². The third-order valence-electron chi connectivity index (χ3n) is 7.47. The van der Waals surface area contributed by atoms with Crippen LogP contribution < -0.4 is 0 Å². The second kappa shape index (κ2) is 15.7. The molecule has 0 amide bonds. The van der Waals surface area contributed by atoms with Crippen LogP contribution in [-0.4, -0.2) is 121 Å². The fraction of sp³-hybridized carbons (Fsp3) is 0.879. The van der Waals surface area contributed by atoms with Crippen LogP contribution in [-0.2, 0) is 57.1 Å². The van der Waals surface area contributed by atoms with Crippen LogP contribution in [0.25, 0.3) is 0 Å². The minimum Gasteiger partial charge on any atom is -0.462 e. The van der Waals surface area contributed by atoms with E-state index in [9.17, 15) is 34.5 Å². The van der Waals surface area contributed by atoms with Crippen LogP contribution in [0.15, 0.2) is 0 Å². The van der Waals surface area contributed by atoms with Gasteiger partial charge in [-0.2, -0.15) is 0 Å². The number of aliphatic hydroxyl groups is 3. The minimum atomic E-state index is -1.66. The summed E-state index contributed by atoms with van der Waals surface area (Å²) in [6.07, 6.45) is -14.9. The Kier molecular flexibility index (Phi) is 13.6. The second-order valence-corrected chi connectivity index (χ2v) is 16.3. The second-order valence-electron chi connectivity index (χ2n) is 16.3. The fourth-order valence-corrected chi connectivity index (χ4v) is 4.26. The van der Waals surface area contributed by atoms with Crippen LogP contribution in [0.4, 0.5) is 0 Å². The van der Waals surface area contributed by atoms with Gasteiger partial charge in [-0.15, -0.1) is 0 Å². The predicted molar refractivity (Wildman–Crippen MR) is 167 cm³/mol. The van der Waals surface area contributed by atoms with Crippen molar-refractivity contribution in [3.63, 3.8) is 0 Å². The fourth-order valence-electron chi connectivity index (χ4n) is 4.26.